The number of carbonyl (C=O) groups is 1. The number of rotatable bonds is 4. The number of halogens is 2. The van der Waals surface area contributed by atoms with Gasteiger partial charge < -0.3 is 0 Å². The minimum Gasteiger partial charge on any atom is -0.289 e. The smallest absolute Gasteiger partial charge is 0.193 e. The van der Waals surface area contributed by atoms with Crippen molar-refractivity contribution in [3.8, 4) is 0 Å². The molecule has 0 N–H and O–H groups in total. The van der Waals surface area contributed by atoms with Crippen LogP contribution >= 0.6 is 11.6 Å². The Morgan fingerprint density at radius 1 is 1.15 bits per heavy atom. The van der Waals surface area contributed by atoms with Gasteiger partial charge >= 0.3 is 0 Å². The third-order valence-electron chi connectivity index (χ3n) is 3.54. The topological polar surface area (TPSA) is 17.1 Å². The maximum absolute atomic E-state index is 13.1. The standard InChI is InChI=1S/C17H16ClFO/c1-3-11(2)12-4-6-13(7-5-12)17(20)14-8-9-16(19)15(18)10-14/h4-11H,3H2,1-2H3. The van der Waals surface area contributed by atoms with Crippen LogP contribution in [0.5, 0.6) is 0 Å². The zero-order valence-electron chi connectivity index (χ0n) is 11.5. The summed E-state index contributed by atoms with van der Waals surface area (Å²) in [6.07, 6.45) is 1.06. The Balaban J connectivity index is 2.27. The number of ketones is 1. The fourth-order valence-corrected chi connectivity index (χ4v) is 2.18. The monoisotopic (exact) mass is 290 g/mol. The van der Waals surface area contributed by atoms with Crippen molar-refractivity contribution in [3.05, 3.63) is 70.0 Å². The third kappa shape index (κ3) is 3.07. The minimum atomic E-state index is -0.518. The first-order chi connectivity index (χ1) is 9.52. The van der Waals surface area contributed by atoms with E-state index < -0.39 is 5.82 Å². The minimum absolute atomic E-state index is 0.0351. The molecule has 3 heteroatoms. The summed E-state index contributed by atoms with van der Waals surface area (Å²) in [5.74, 6) is -0.197. The van der Waals surface area contributed by atoms with E-state index in [4.69, 9.17) is 11.6 Å². The summed E-state index contributed by atoms with van der Waals surface area (Å²) in [5, 5.41) is -0.0351. The van der Waals surface area contributed by atoms with Crippen molar-refractivity contribution < 1.29 is 9.18 Å². The van der Waals surface area contributed by atoms with Gasteiger partial charge in [0, 0.05) is 11.1 Å². The van der Waals surface area contributed by atoms with Crippen LogP contribution in [0.4, 0.5) is 4.39 Å². The Morgan fingerprint density at radius 3 is 2.30 bits per heavy atom. The van der Waals surface area contributed by atoms with Crippen LogP contribution in [0.3, 0.4) is 0 Å². The van der Waals surface area contributed by atoms with Gasteiger partial charge in [0.2, 0.25) is 0 Å². The zero-order chi connectivity index (χ0) is 14.7. The Hall–Kier alpha value is -1.67. The highest BCUT2D eigenvalue weighted by Gasteiger charge is 2.12. The van der Waals surface area contributed by atoms with Crippen LogP contribution in [0.1, 0.15) is 47.7 Å². The molecular formula is C17H16ClFO. The summed E-state index contributed by atoms with van der Waals surface area (Å²) < 4.78 is 13.1. The Labute approximate surface area is 123 Å². The van der Waals surface area contributed by atoms with Crippen LogP contribution < -0.4 is 0 Å². The van der Waals surface area contributed by atoms with E-state index in [9.17, 15) is 9.18 Å². The molecule has 0 radical (unpaired) electrons. The maximum atomic E-state index is 13.1. The second-order valence-electron chi connectivity index (χ2n) is 4.89. The molecule has 0 aliphatic carbocycles. The predicted molar refractivity (Wildman–Crippen MR) is 80.0 cm³/mol. The largest absolute Gasteiger partial charge is 0.289 e. The number of carbonyl (C=O) groups excluding carboxylic acids is 1. The van der Waals surface area contributed by atoms with Gasteiger partial charge in [0.15, 0.2) is 5.78 Å². The van der Waals surface area contributed by atoms with E-state index in [0.717, 1.165) is 6.42 Å². The van der Waals surface area contributed by atoms with Gasteiger partial charge in [-0.1, -0.05) is 49.7 Å². The molecule has 20 heavy (non-hydrogen) atoms. The number of benzene rings is 2. The molecule has 0 saturated carbocycles. The summed E-state index contributed by atoms with van der Waals surface area (Å²) in [6, 6.07) is 11.6. The molecule has 0 aliphatic rings. The Kier molecular flexibility index (Phi) is 4.56. The first-order valence-electron chi connectivity index (χ1n) is 6.62. The molecule has 2 rings (SSSR count). The summed E-state index contributed by atoms with van der Waals surface area (Å²) in [6.45, 7) is 4.28. The lowest BCUT2D eigenvalue weighted by Crippen LogP contribution is -2.02. The van der Waals surface area contributed by atoms with Crippen molar-refractivity contribution >= 4 is 17.4 Å². The molecule has 1 unspecified atom stereocenters. The average Bonchev–Trinajstić information content (AvgIpc) is 2.48. The molecule has 2 aromatic carbocycles. The molecule has 0 bridgehead atoms. The second-order valence-corrected chi connectivity index (χ2v) is 5.30. The van der Waals surface area contributed by atoms with Crippen LogP contribution in [-0.2, 0) is 0 Å². The quantitative estimate of drug-likeness (QED) is 0.705. The molecule has 0 heterocycles. The lowest BCUT2D eigenvalue weighted by atomic mass is 9.95. The summed E-state index contributed by atoms with van der Waals surface area (Å²) >= 11 is 5.70. The fraction of sp³-hybridized carbons (Fsp3) is 0.235. The van der Waals surface area contributed by atoms with E-state index in [2.05, 4.69) is 13.8 Å². The molecule has 0 aliphatic heterocycles. The highest BCUT2D eigenvalue weighted by atomic mass is 35.5. The first kappa shape index (κ1) is 14.7. The van der Waals surface area contributed by atoms with Gasteiger partial charge in [-0.05, 0) is 36.1 Å². The molecule has 104 valence electrons. The van der Waals surface area contributed by atoms with Gasteiger partial charge in [0.25, 0.3) is 0 Å². The zero-order valence-corrected chi connectivity index (χ0v) is 12.2. The normalized spacial score (nSPS) is 12.2. The third-order valence-corrected chi connectivity index (χ3v) is 3.83. The van der Waals surface area contributed by atoms with Gasteiger partial charge in [-0.3, -0.25) is 4.79 Å². The molecule has 0 amide bonds. The highest BCUT2D eigenvalue weighted by molar-refractivity contribution is 6.31. The van der Waals surface area contributed by atoms with Crippen molar-refractivity contribution in [3.63, 3.8) is 0 Å². The second kappa shape index (κ2) is 6.19. The Morgan fingerprint density at radius 2 is 1.75 bits per heavy atom. The molecule has 1 nitrogen and oxygen atoms in total. The lowest BCUT2D eigenvalue weighted by Gasteiger charge is -2.09. The van der Waals surface area contributed by atoms with Crippen LogP contribution in [0.25, 0.3) is 0 Å². The van der Waals surface area contributed by atoms with Crippen molar-refractivity contribution in [2.24, 2.45) is 0 Å². The van der Waals surface area contributed by atoms with Crippen molar-refractivity contribution in [2.75, 3.05) is 0 Å². The van der Waals surface area contributed by atoms with Gasteiger partial charge in [-0.15, -0.1) is 0 Å². The van der Waals surface area contributed by atoms with E-state index in [0.29, 0.717) is 17.0 Å². The lowest BCUT2D eigenvalue weighted by molar-refractivity contribution is 0.103. The van der Waals surface area contributed by atoms with Gasteiger partial charge in [0.1, 0.15) is 5.82 Å². The molecule has 2 aromatic rings. The molecular weight excluding hydrogens is 275 g/mol. The van der Waals surface area contributed by atoms with Crippen LogP contribution in [0.2, 0.25) is 5.02 Å². The number of hydrogen-bond donors (Lipinski definition) is 0. The van der Waals surface area contributed by atoms with E-state index in [1.165, 1.54) is 23.8 Å². The predicted octanol–water partition coefficient (Wildman–Crippen LogP) is 5.22. The molecule has 0 fully saturated rings. The van der Waals surface area contributed by atoms with Gasteiger partial charge in [0.05, 0.1) is 5.02 Å². The maximum Gasteiger partial charge on any atom is 0.193 e. The van der Waals surface area contributed by atoms with Crippen molar-refractivity contribution in [2.45, 2.75) is 26.2 Å². The highest BCUT2D eigenvalue weighted by Crippen LogP contribution is 2.21. The molecule has 0 aromatic heterocycles. The molecule has 1 atom stereocenters. The van der Waals surface area contributed by atoms with Crippen LogP contribution in [0, 0.1) is 5.82 Å². The van der Waals surface area contributed by atoms with Gasteiger partial charge in [-0.25, -0.2) is 4.39 Å². The summed E-state index contributed by atoms with van der Waals surface area (Å²) in [4.78, 5) is 12.3. The van der Waals surface area contributed by atoms with Crippen LogP contribution in [0.15, 0.2) is 42.5 Å². The first-order valence-corrected chi connectivity index (χ1v) is 7.00. The van der Waals surface area contributed by atoms with Crippen molar-refractivity contribution in [1.29, 1.82) is 0 Å². The van der Waals surface area contributed by atoms with E-state index in [1.54, 1.807) is 12.1 Å². The van der Waals surface area contributed by atoms with E-state index in [-0.39, 0.29) is 10.8 Å². The van der Waals surface area contributed by atoms with Crippen molar-refractivity contribution in [1.82, 2.24) is 0 Å². The van der Waals surface area contributed by atoms with Gasteiger partial charge in [-0.2, -0.15) is 0 Å². The summed E-state index contributed by atoms with van der Waals surface area (Å²) in [5.41, 5.74) is 2.19. The average molecular weight is 291 g/mol. The van der Waals surface area contributed by atoms with E-state index >= 15 is 0 Å². The Bertz CT molecular complexity index is 619. The molecule has 0 spiro atoms. The fourth-order valence-electron chi connectivity index (χ4n) is 2.00. The van der Waals surface area contributed by atoms with E-state index in [1.807, 2.05) is 12.1 Å². The van der Waals surface area contributed by atoms with Crippen LogP contribution in [-0.4, -0.2) is 5.78 Å². The number of hydrogen-bond acceptors (Lipinski definition) is 1. The SMILES string of the molecule is CCC(C)c1ccc(C(=O)c2ccc(F)c(Cl)c2)cc1. The summed E-state index contributed by atoms with van der Waals surface area (Å²) in [7, 11) is 0. The molecule has 0 saturated heterocycles.